The standard InChI is InChI=1S/C14H20BrNO5S2Si/c1-24(2,3)21-14-11(17)13(10-5-4-8-22-10)20-12(14)9(15)6-7-16-23(18)19/h4-5,8-9,16-17H,6-7H2,1-3H3,(H,18,19). The van der Waals surface area contributed by atoms with Crippen molar-refractivity contribution in [1.82, 2.24) is 4.72 Å². The average molecular weight is 454 g/mol. The fourth-order valence-electron chi connectivity index (χ4n) is 2.01. The quantitative estimate of drug-likeness (QED) is 0.311. The van der Waals surface area contributed by atoms with Crippen molar-refractivity contribution in [3.8, 4) is 22.1 Å². The summed E-state index contributed by atoms with van der Waals surface area (Å²) >= 11 is 2.93. The lowest BCUT2D eigenvalue weighted by Gasteiger charge is -2.20. The lowest BCUT2D eigenvalue weighted by molar-refractivity contribution is 0.439. The van der Waals surface area contributed by atoms with E-state index in [1.165, 1.54) is 11.3 Å². The Bertz CT molecular complexity index is 699. The van der Waals surface area contributed by atoms with Crippen molar-refractivity contribution < 1.29 is 22.7 Å². The summed E-state index contributed by atoms with van der Waals surface area (Å²) in [6, 6.07) is 3.75. The molecule has 0 aliphatic heterocycles. The van der Waals surface area contributed by atoms with Gasteiger partial charge in [-0.2, -0.15) is 0 Å². The van der Waals surface area contributed by atoms with Crippen molar-refractivity contribution in [2.45, 2.75) is 30.9 Å². The average Bonchev–Trinajstić information content (AvgIpc) is 3.06. The fourth-order valence-corrected chi connectivity index (χ4v) is 4.35. The van der Waals surface area contributed by atoms with Crippen LogP contribution in [-0.4, -0.2) is 28.7 Å². The molecule has 134 valence electrons. The van der Waals surface area contributed by atoms with Crippen molar-refractivity contribution in [3.63, 3.8) is 0 Å². The second-order valence-corrected chi connectivity index (χ2v) is 13.3. The highest BCUT2D eigenvalue weighted by Gasteiger charge is 2.30. The van der Waals surface area contributed by atoms with Crippen LogP contribution in [0, 0.1) is 0 Å². The van der Waals surface area contributed by atoms with Crippen molar-refractivity contribution in [2.24, 2.45) is 0 Å². The predicted octanol–water partition coefficient (Wildman–Crippen LogP) is 4.48. The molecule has 0 aliphatic carbocycles. The number of furan rings is 1. The minimum atomic E-state index is -2.06. The number of halogens is 1. The number of rotatable bonds is 8. The molecule has 2 heterocycles. The molecule has 2 aromatic heterocycles. The van der Waals surface area contributed by atoms with E-state index in [1.807, 2.05) is 37.2 Å². The molecule has 6 nitrogen and oxygen atoms in total. The first-order valence-corrected chi connectivity index (χ1v) is 13.6. The molecule has 0 amide bonds. The van der Waals surface area contributed by atoms with Crippen LogP contribution in [0.4, 0.5) is 0 Å². The van der Waals surface area contributed by atoms with Gasteiger partial charge in [-0.3, -0.25) is 4.55 Å². The van der Waals surface area contributed by atoms with E-state index >= 15 is 0 Å². The van der Waals surface area contributed by atoms with Gasteiger partial charge >= 0.3 is 0 Å². The first kappa shape index (κ1) is 19.7. The minimum Gasteiger partial charge on any atom is -0.539 e. The van der Waals surface area contributed by atoms with Gasteiger partial charge in [0.25, 0.3) is 0 Å². The van der Waals surface area contributed by atoms with Crippen LogP contribution in [0.25, 0.3) is 10.6 Å². The van der Waals surface area contributed by atoms with Gasteiger partial charge in [0.05, 0.1) is 9.70 Å². The molecule has 0 spiro atoms. The molecule has 0 bridgehead atoms. The van der Waals surface area contributed by atoms with Gasteiger partial charge in [0.2, 0.25) is 25.3 Å². The summed E-state index contributed by atoms with van der Waals surface area (Å²) in [4.78, 5) is 0.549. The summed E-state index contributed by atoms with van der Waals surface area (Å²) < 4.78 is 33.8. The van der Waals surface area contributed by atoms with E-state index in [9.17, 15) is 9.32 Å². The molecule has 0 aliphatic rings. The van der Waals surface area contributed by atoms with Crippen LogP contribution in [0.1, 0.15) is 17.0 Å². The molecule has 2 atom stereocenters. The van der Waals surface area contributed by atoms with E-state index in [4.69, 9.17) is 13.4 Å². The van der Waals surface area contributed by atoms with E-state index in [2.05, 4.69) is 20.7 Å². The Hall–Kier alpha value is -0.653. The van der Waals surface area contributed by atoms with Gasteiger partial charge in [0.15, 0.2) is 17.3 Å². The van der Waals surface area contributed by atoms with Gasteiger partial charge < -0.3 is 13.9 Å². The molecule has 3 N–H and O–H groups in total. The van der Waals surface area contributed by atoms with E-state index in [1.54, 1.807) is 0 Å². The summed E-state index contributed by atoms with van der Waals surface area (Å²) in [5, 5.41) is 12.5. The lowest BCUT2D eigenvalue weighted by atomic mass is 10.2. The normalized spacial score (nSPS) is 14.5. The molecule has 0 radical (unpaired) electrons. The van der Waals surface area contributed by atoms with Gasteiger partial charge in [-0.1, -0.05) is 22.0 Å². The molecule has 0 aromatic carbocycles. The Balaban J connectivity index is 2.33. The SMILES string of the molecule is C[Si](C)(C)Oc1c(C(Br)CCNS(=O)O)oc(-c2cccs2)c1O. The Morgan fingerprint density at radius 2 is 2.21 bits per heavy atom. The van der Waals surface area contributed by atoms with E-state index in [0.717, 1.165) is 4.88 Å². The zero-order valence-electron chi connectivity index (χ0n) is 13.5. The molecule has 0 saturated carbocycles. The van der Waals surface area contributed by atoms with E-state index < -0.39 is 19.6 Å². The Morgan fingerprint density at radius 1 is 1.50 bits per heavy atom. The molecule has 2 rings (SSSR count). The largest absolute Gasteiger partial charge is 0.539 e. The van der Waals surface area contributed by atoms with Crippen LogP contribution < -0.4 is 9.15 Å². The van der Waals surface area contributed by atoms with E-state index in [0.29, 0.717) is 30.2 Å². The van der Waals surface area contributed by atoms with Crippen LogP contribution in [0.5, 0.6) is 11.5 Å². The molecular weight excluding hydrogens is 434 g/mol. The van der Waals surface area contributed by atoms with Crippen LogP contribution >= 0.6 is 27.3 Å². The van der Waals surface area contributed by atoms with Gasteiger partial charge in [-0.25, -0.2) is 8.93 Å². The summed E-state index contributed by atoms with van der Waals surface area (Å²) in [7, 11) is -1.97. The monoisotopic (exact) mass is 453 g/mol. The van der Waals surface area contributed by atoms with Gasteiger partial charge in [-0.15, -0.1) is 11.3 Å². The summed E-state index contributed by atoms with van der Waals surface area (Å²) in [5.74, 6) is 1.22. The Morgan fingerprint density at radius 3 is 2.75 bits per heavy atom. The molecule has 0 fully saturated rings. The molecule has 10 heteroatoms. The third-order valence-corrected chi connectivity index (χ3v) is 5.94. The van der Waals surface area contributed by atoms with Crippen LogP contribution in [0.3, 0.4) is 0 Å². The van der Waals surface area contributed by atoms with Crippen molar-refractivity contribution in [3.05, 3.63) is 23.3 Å². The molecule has 0 saturated heterocycles. The number of aromatic hydroxyl groups is 1. The maximum Gasteiger partial charge on any atom is 0.242 e. The highest BCUT2D eigenvalue weighted by molar-refractivity contribution is 9.09. The molecule has 2 aromatic rings. The van der Waals surface area contributed by atoms with Crippen LogP contribution in [0.2, 0.25) is 19.6 Å². The van der Waals surface area contributed by atoms with Gasteiger partial charge in [0, 0.05) is 6.54 Å². The first-order valence-electron chi connectivity index (χ1n) is 7.26. The van der Waals surface area contributed by atoms with Crippen molar-refractivity contribution in [1.29, 1.82) is 0 Å². The summed E-state index contributed by atoms with van der Waals surface area (Å²) in [5.41, 5.74) is 0. The maximum absolute atomic E-state index is 10.7. The second kappa shape index (κ2) is 8.15. The zero-order chi connectivity index (χ0) is 17.9. The number of alkyl halides is 1. The first-order chi connectivity index (χ1) is 11.2. The Labute approximate surface area is 156 Å². The van der Waals surface area contributed by atoms with Crippen LogP contribution in [0.15, 0.2) is 21.9 Å². The smallest absolute Gasteiger partial charge is 0.242 e. The van der Waals surface area contributed by atoms with Crippen molar-refractivity contribution in [2.75, 3.05) is 6.54 Å². The minimum absolute atomic E-state index is 0.00183. The third kappa shape index (κ3) is 5.17. The highest BCUT2D eigenvalue weighted by Crippen LogP contribution is 2.49. The number of thiophene rings is 1. The third-order valence-electron chi connectivity index (χ3n) is 2.93. The number of nitrogens with one attached hydrogen (secondary N) is 1. The lowest BCUT2D eigenvalue weighted by Crippen LogP contribution is -2.29. The predicted molar refractivity (Wildman–Crippen MR) is 103 cm³/mol. The summed E-state index contributed by atoms with van der Waals surface area (Å²) in [6.07, 6.45) is 0.491. The van der Waals surface area contributed by atoms with Gasteiger partial charge in [0.1, 0.15) is 0 Å². The number of hydrogen-bond donors (Lipinski definition) is 3. The Kier molecular flexibility index (Phi) is 6.68. The second-order valence-electron chi connectivity index (χ2n) is 6.06. The molecule has 2 unspecified atom stereocenters. The summed E-state index contributed by atoms with van der Waals surface area (Å²) in [6.45, 7) is 6.37. The topological polar surface area (TPSA) is 91.9 Å². The van der Waals surface area contributed by atoms with Crippen LogP contribution in [-0.2, 0) is 11.3 Å². The fraction of sp³-hybridized carbons (Fsp3) is 0.429. The highest BCUT2D eigenvalue weighted by atomic mass is 79.9. The maximum atomic E-state index is 10.7. The van der Waals surface area contributed by atoms with E-state index in [-0.39, 0.29) is 10.6 Å². The van der Waals surface area contributed by atoms with Gasteiger partial charge in [-0.05, 0) is 37.5 Å². The number of hydrogen-bond acceptors (Lipinski definition) is 5. The molecular formula is C14H20BrNO5S2Si. The zero-order valence-corrected chi connectivity index (χ0v) is 17.8. The molecule has 24 heavy (non-hydrogen) atoms. The van der Waals surface area contributed by atoms with Crippen molar-refractivity contribution >= 4 is 46.9 Å².